The lowest BCUT2D eigenvalue weighted by molar-refractivity contribution is 0.0967. The Labute approximate surface area is 212 Å². The first-order valence-electron chi connectivity index (χ1n) is 11.5. The summed E-state index contributed by atoms with van der Waals surface area (Å²) < 4.78 is 27.0. The Morgan fingerprint density at radius 3 is 2.71 bits per heavy atom. The van der Waals surface area contributed by atoms with E-state index in [9.17, 15) is 18.0 Å². The van der Waals surface area contributed by atoms with Crippen molar-refractivity contribution in [3.63, 3.8) is 0 Å². The van der Waals surface area contributed by atoms with Crippen molar-refractivity contribution in [2.75, 3.05) is 24.2 Å². The fourth-order valence-electron chi connectivity index (χ4n) is 4.40. The summed E-state index contributed by atoms with van der Waals surface area (Å²) in [5.74, 6) is 0.210. The summed E-state index contributed by atoms with van der Waals surface area (Å²) in [6, 6.07) is 10.6. The number of halogens is 1. The molecule has 184 valence electrons. The molecule has 1 atom stereocenters. The minimum absolute atomic E-state index is 0.0642. The number of urea groups is 1. The van der Waals surface area contributed by atoms with E-state index < -0.39 is 21.8 Å². The fourth-order valence-corrected chi connectivity index (χ4v) is 7.25. The molecule has 5 rings (SSSR count). The number of aromatic nitrogens is 1. The van der Waals surface area contributed by atoms with Gasteiger partial charge in [-0.3, -0.25) is 20.3 Å². The van der Waals surface area contributed by atoms with Gasteiger partial charge in [0.05, 0.1) is 31.5 Å². The van der Waals surface area contributed by atoms with Gasteiger partial charge in [-0.15, -0.1) is 0 Å². The number of nitrogens with one attached hydrogen (secondary N) is 2. The fraction of sp³-hybridized carbons (Fsp3) is 0.375. The Morgan fingerprint density at radius 2 is 1.94 bits per heavy atom. The van der Waals surface area contributed by atoms with Gasteiger partial charge in [0.1, 0.15) is 0 Å². The second-order valence-electron chi connectivity index (χ2n) is 9.05. The zero-order valence-corrected chi connectivity index (χ0v) is 21.3. The molecule has 1 saturated carbocycles. The molecule has 1 saturated heterocycles. The van der Waals surface area contributed by atoms with Crippen LogP contribution in [0.3, 0.4) is 0 Å². The highest BCUT2D eigenvalue weighted by molar-refractivity contribution is 7.91. The van der Waals surface area contributed by atoms with Crippen LogP contribution in [0.5, 0.6) is 0 Å². The highest BCUT2D eigenvalue weighted by Crippen LogP contribution is 2.34. The van der Waals surface area contributed by atoms with Gasteiger partial charge in [0.25, 0.3) is 5.91 Å². The third-order valence-electron chi connectivity index (χ3n) is 6.39. The maximum absolute atomic E-state index is 13.2. The van der Waals surface area contributed by atoms with Gasteiger partial charge in [-0.1, -0.05) is 35.1 Å². The number of amides is 3. The minimum atomic E-state index is -3.47. The van der Waals surface area contributed by atoms with Gasteiger partial charge in [0.2, 0.25) is 0 Å². The first-order chi connectivity index (χ1) is 16.8. The summed E-state index contributed by atoms with van der Waals surface area (Å²) in [7, 11) is -3.47. The van der Waals surface area contributed by atoms with Gasteiger partial charge >= 0.3 is 6.03 Å². The molecule has 35 heavy (non-hydrogen) atoms. The summed E-state index contributed by atoms with van der Waals surface area (Å²) >= 11 is 7.15. The third kappa shape index (κ3) is 5.66. The maximum atomic E-state index is 13.2. The van der Waals surface area contributed by atoms with Crippen LogP contribution in [0.25, 0.3) is 10.2 Å². The molecule has 11 heteroatoms. The number of hydrogen-bond donors (Lipinski definition) is 2. The molecule has 2 fully saturated rings. The average molecular weight is 533 g/mol. The number of thiazole rings is 1. The van der Waals surface area contributed by atoms with Crippen LogP contribution < -0.4 is 10.6 Å². The quantitative estimate of drug-likeness (QED) is 0.462. The predicted octanol–water partition coefficient (Wildman–Crippen LogP) is 4.56. The lowest BCUT2D eigenvalue weighted by Gasteiger charge is -2.24. The molecular weight excluding hydrogens is 508 g/mol. The number of imide groups is 1. The molecule has 1 aliphatic carbocycles. The summed E-state index contributed by atoms with van der Waals surface area (Å²) in [4.78, 5) is 31.5. The van der Waals surface area contributed by atoms with E-state index in [1.807, 2.05) is 0 Å². The lowest BCUT2D eigenvalue weighted by atomic mass is 10.2. The highest BCUT2D eigenvalue weighted by Gasteiger charge is 2.34. The van der Waals surface area contributed by atoms with E-state index in [4.69, 9.17) is 11.6 Å². The molecule has 8 nitrogen and oxygen atoms in total. The summed E-state index contributed by atoms with van der Waals surface area (Å²) in [6.07, 6.45) is 4.45. The van der Waals surface area contributed by atoms with Gasteiger partial charge in [-0.25, -0.2) is 18.2 Å². The van der Waals surface area contributed by atoms with E-state index in [1.54, 1.807) is 36.4 Å². The van der Waals surface area contributed by atoms with E-state index in [1.165, 1.54) is 18.9 Å². The molecular formula is C24H25ClN4O4S2. The molecule has 3 aromatic rings. The Bertz CT molecular complexity index is 1390. The summed E-state index contributed by atoms with van der Waals surface area (Å²) in [5, 5.41) is 5.25. The normalized spacial score (nSPS) is 18.6. The van der Waals surface area contributed by atoms with E-state index in [0.29, 0.717) is 10.2 Å². The number of fused-ring (bicyclic) bond motifs is 1. The monoisotopic (exact) mass is 532 g/mol. The molecule has 1 unspecified atom stereocenters. The zero-order valence-electron chi connectivity index (χ0n) is 18.9. The Hall–Kier alpha value is -2.53. The van der Waals surface area contributed by atoms with Crippen molar-refractivity contribution in [2.24, 2.45) is 5.92 Å². The van der Waals surface area contributed by atoms with Gasteiger partial charge in [-0.05, 0) is 68.5 Å². The van der Waals surface area contributed by atoms with Gasteiger partial charge in [0.15, 0.2) is 15.0 Å². The van der Waals surface area contributed by atoms with Crippen LogP contribution in [0.15, 0.2) is 47.4 Å². The smallest absolute Gasteiger partial charge is 0.299 e. The average Bonchev–Trinajstić information content (AvgIpc) is 3.38. The first kappa shape index (κ1) is 24.2. The molecule has 2 aromatic carbocycles. The topological polar surface area (TPSA) is 108 Å². The van der Waals surface area contributed by atoms with Crippen molar-refractivity contribution < 1.29 is 18.0 Å². The molecule has 2 heterocycles. The SMILES string of the molecule is O=C(NC(=O)c1ccccc1Cl)Nc1nc2ccc(S(=O)(=O)CC3CCCN3CC3CC3)cc2s1. The lowest BCUT2D eigenvalue weighted by Crippen LogP contribution is -2.36. The van der Waals surface area contributed by atoms with Crippen LogP contribution in [0.2, 0.25) is 5.02 Å². The Balaban J connectivity index is 1.26. The second kappa shape index (κ2) is 9.85. The molecule has 1 aliphatic heterocycles. The number of rotatable bonds is 7. The number of anilines is 1. The molecule has 0 spiro atoms. The highest BCUT2D eigenvalue weighted by atomic mass is 35.5. The number of sulfone groups is 1. The standard InChI is InChI=1S/C24H25ClN4O4S2/c25-19-6-2-1-5-18(19)22(30)27-23(31)28-24-26-20-10-9-17(12-21(20)34-24)35(32,33)14-16-4-3-11-29(16)13-15-7-8-15/h1-2,5-6,9-10,12,15-16H,3-4,7-8,11,13-14H2,(H2,26,27,28,30,31). The number of carbonyl (C=O) groups is 2. The van der Waals surface area contributed by atoms with E-state index in [0.717, 1.165) is 43.2 Å². The number of nitrogens with zero attached hydrogens (tertiary/aromatic N) is 2. The molecule has 2 N–H and O–H groups in total. The first-order valence-corrected chi connectivity index (χ1v) is 14.4. The Kier molecular flexibility index (Phi) is 6.80. The van der Waals surface area contributed by atoms with Crippen molar-refractivity contribution in [3.8, 4) is 0 Å². The number of benzene rings is 2. The van der Waals surface area contributed by atoms with E-state index in [-0.39, 0.29) is 32.4 Å². The molecule has 0 bridgehead atoms. The van der Waals surface area contributed by atoms with Crippen molar-refractivity contribution in [2.45, 2.75) is 36.6 Å². The molecule has 3 amide bonds. The van der Waals surface area contributed by atoms with Crippen molar-refractivity contribution in [3.05, 3.63) is 53.1 Å². The molecule has 1 aromatic heterocycles. The molecule has 0 radical (unpaired) electrons. The van der Waals surface area contributed by atoms with Gasteiger partial charge in [-0.2, -0.15) is 0 Å². The number of likely N-dealkylation sites (tertiary alicyclic amines) is 1. The van der Waals surface area contributed by atoms with Crippen LogP contribution >= 0.6 is 22.9 Å². The summed E-state index contributed by atoms with van der Waals surface area (Å²) in [6.45, 7) is 1.98. The predicted molar refractivity (Wildman–Crippen MR) is 137 cm³/mol. The van der Waals surface area contributed by atoms with Crippen LogP contribution in [0.1, 0.15) is 36.0 Å². The van der Waals surface area contributed by atoms with E-state index >= 15 is 0 Å². The van der Waals surface area contributed by atoms with Crippen molar-refractivity contribution in [1.29, 1.82) is 0 Å². The van der Waals surface area contributed by atoms with Crippen LogP contribution in [-0.2, 0) is 9.84 Å². The van der Waals surface area contributed by atoms with Crippen molar-refractivity contribution >= 4 is 60.1 Å². The second-order valence-corrected chi connectivity index (χ2v) is 12.5. The van der Waals surface area contributed by atoms with Gasteiger partial charge in [0, 0.05) is 12.6 Å². The van der Waals surface area contributed by atoms with Crippen molar-refractivity contribution in [1.82, 2.24) is 15.2 Å². The minimum Gasteiger partial charge on any atom is -0.299 e. The Morgan fingerprint density at radius 1 is 1.14 bits per heavy atom. The third-order valence-corrected chi connectivity index (χ3v) is 9.44. The zero-order chi connectivity index (χ0) is 24.6. The van der Waals surface area contributed by atoms with Crippen LogP contribution in [-0.4, -0.2) is 55.1 Å². The largest absolute Gasteiger partial charge is 0.327 e. The van der Waals surface area contributed by atoms with Gasteiger partial charge < -0.3 is 0 Å². The van der Waals surface area contributed by atoms with E-state index in [2.05, 4.69) is 20.5 Å². The maximum Gasteiger partial charge on any atom is 0.327 e. The number of hydrogen-bond acceptors (Lipinski definition) is 7. The van der Waals surface area contributed by atoms with Crippen LogP contribution in [0, 0.1) is 5.92 Å². The number of carbonyl (C=O) groups excluding carboxylic acids is 2. The molecule has 2 aliphatic rings. The van der Waals surface area contributed by atoms with Crippen LogP contribution in [0.4, 0.5) is 9.93 Å². The summed E-state index contributed by atoms with van der Waals surface area (Å²) in [5.41, 5.74) is 0.749.